The first kappa shape index (κ1) is 33.8. The molecule has 200 valence electrons. The van der Waals surface area contributed by atoms with Gasteiger partial charge in [-0.25, -0.2) is 4.79 Å². The smallest absolute Gasteiger partial charge is 0.410 e. The molecule has 0 aromatic heterocycles. The van der Waals surface area contributed by atoms with Crippen molar-refractivity contribution < 1.29 is 17.8 Å². The summed E-state index contributed by atoms with van der Waals surface area (Å²) in [4.78, 5) is 11.6. The van der Waals surface area contributed by atoms with Crippen molar-refractivity contribution in [1.29, 1.82) is 0 Å². The quantitative estimate of drug-likeness (QED) is 0.0542. The summed E-state index contributed by atoms with van der Waals surface area (Å²) in [6, 6.07) is 4.90. The zero-order chi connectivity index (χ0) is 25.7. The number of carbonyl (C=O) groups is 1. The van der Waals surface area contributed by atoms with Crippen LogP contribution in [0, 0.1) is 0 Å². The van der Waals surface area contributed by atoms with Gasteiger partial charge in [-0.05, 0) is 50.6 Å². The maximum atomic E-state index is 11.6. The van der Waals surface area contributed by atoms with Gasteiger partial charge < -0.3 is 13.0 Å². The predicted octanol–water partition coefficient (Wildman–Crippen LogP) is 8.95. The molecule has 0 aliphatic heterocycles. The summed E-state index contributed by atoms with van der Waals surface area (Å²) in [6.45, 7) is 17.2. The fourth-order valence-corrected chi connectivity index (χ4v) is 12.4. The van der Waals surface area contributed by atoms with Crippen LogP contribution in [0.1, 0.15) is 111 Å². The summed E-state index contributed by atoms with van der Waals surface area (Å²) in [5, 5.41) is 0. The summed E-state index contributed by atoms with van der Waals surface area (Å²) in [5.41, 5.74) is 0.459. The molecule has 2 radical (unpaired) electrons. The predicted molar refractivity (Wildman–Crippen MR) is 153 cm³/mol. The van der Waals surface area contributed by atoms with Gasteiger partial charge in [-0.1, -0.05) is 104 Å². The first-order chi connectivity index (χ1) is 16.2. The lowest BCUT2D eigenvalue weighted by Gasteiger charge is -2.33. The van der Waals surface area contributed by atoms with Crippen LogP contribution in [-0.4, -0.2) is 39.2 Å². The van der Waals surface area contributed by atoms with E-state index in [4.69, 9.17) is 13.0 Å². The van der Waals surface area contributed by atoms with E-state index in [1.807, 2.05) is 0 Å². The summed E-state index contributed by atoms with van der Waals surface area (Å²) >= 11 is 0. The van der Waals surface area contributed by atoms with E-state index in [0.717, 1.165) is 12.5 Å². The molecular formula is C27H56O4Si3. The van der Waals surface area contributed by atoms with E-state index in [2.05, 4.69) is 40.4 Å². The number of rotatable bonds is 24. The molecule has 0 saturated carbocycles. The second-order valence-electron chi connectivity index (χ2n) is 10.7. The third kappa shape index (κ3) is 18.1. The molecule has 34 heavy (non-hydrogen) atoms. The molecule has 0 N–H and O–H groups in total. The van der Waals surface area contributed by atoms with Crippen molar-refractivity contribution in [3.8, 4) is 0 Å². The van der Waals surface area contributed by atoms with E-state index < -0.39 is 16.6 Å². The highest BCUT2D eigenvalue weighted by Gasteiger charge is 2.35. The highest BCUT2D eigenvalue weighted by Crippen LogP contribution is 2.31. The summed E-state index contributed by atoms with van der Waals surface area (Å²) in [6.07, 6.45) is 16.7. The molecule has 7 heteroatoms. The van der Waals surface area contributed by atoms with Crippen molar-refractivity contribution in [2.24, 2.45) is 0 Å². The molecule has 0 aliphatic rings. The molecule has 0 spiro atoms. The number of esters is 1. The van der Waals surface area contributed by atoms with Gasteiger partial charge >= 0.3 is 16.0 Å². The van der Waals surface area contributed by atoms with Gasteiger partial charge in [-0.15, -0.1) is 0 Å². The standard InChI is InChI=1S/C27H56O4Si3/c1-8-11-14-17-23-34(24-18-15-12-9-2,25-19-16-13-10-3)31-32-30-33(6,7)22-20-21-29-27(28)26(4)5/h4,8-25H2,1-3,5-7H3. The van der Waals surface area contributed by atoms with Crippen LogP contribution in [0.5, 0.6) is 0 Å². The lowest BCUT2D eigenvalue weighted by molar-refractivity contribution is -0.138. The summed E-state index contributed by atoms with van der Waals surface area (Å²) in [7, 11) is -3.44. The van der Waals surface area contributed by atoms with E-state index in [1.165, 1.54) is 95.2 Å². The van der Waals surface area contributed by atoms with E-state index >= 15 is 0 Å². The molecule has 0 aromatic rings. The number of hydrogen-bond donors (Lipinski definition) is 0. The van der Waals surface area contributed by atoms with Crippen molar-refractivity contribution in [3.05, 3.63) is 12.2 Å². The van der Waals surface area contributed by atoms with Crippen LogP contribution in [0.15, 0.2) is 12.2 Å². The van der Waals surface area contributed by atoms with Crippen molar-refractivity contribution in [2.45, 2.75) is 148 Å². The molecule has 0 bridgehead atoms. The van der Waals surface area contributed by atoms with Gasteiger partial charge in [0.2, 0.25) is 0 Å². The van der Waals surface area contributed by atoms with E-state index in [1.54, 1.807) is 6.92 Å². The highest BCUT2D eigenvalue weighted by molar-refractivity contribution is 6.79. The zero-order valence-corrected chi connectivity index (χ0v) is 26.6. The topological polar surface area (TPSA) is 44.8 Å². The minimum atomic E-state index is -1.84. The van der Waals surface area contributed by atoms with Gasteiger partial charge in [0.25, 0.3) is 0 Å². The van der Waals surface area contributed by atoms with Crippen LogP contribution in [0.3, 0.4) is 0 Å². The largest absolute Gasteiger partial charge is 0.462 e. The van der Waals surface area contributed by atoms with Crippen LogP contribution in [-0.2, 0) is 17.8 Å². The maximum Gasteiger partial charge on any atom is 0.410 e. The Morgan fingerprint density at radius 3 is 1.59 bits per heavy atom. The molecule has 4 nitrogen and oxygen atoms in total. The zero-order valence-electron chi connectivity index (χ0n) is 23.6. The molecule has 0 aliphatic carbocycles. The van der Waals surface area contributed by atoms with Gasteiger partial charge in [0.1, 0.15) is 0 Å². The minimum absolute atomic E-state index is 0.176. The minimum Gasteiger partial charge on any atom is -0.462 e. The molecule has 0 aromatic carbocycles. The number of carbonyl (C=O) groups excluding carboxylic acids is 1. The number of ether oxygens (including phenoxy) is 1. The second-order valence-corrected chi connectivity index (χ2v) is 20.4. The van der Waals surface area contributed by atoms with Crippen molar-refractivity contribution in [2.75, 3.05) is 6.61 Å². The van der Waals surface area contributed by atoms with Gasteiger partial charge in [0.15, 0.2) is 16.6 Å². The average molecular weight is 529 g/mol. The van der Waals surface area contributed by atoms with Crippen LogP contribution in [0.25, 0.3) is 0 Å². The summed E-state index contributed by atoms with van der Waals surface area (Å²) < 4.78 is 18.6. The van der Waals surface area contributed by atoms with Gasteiger partial charge in [0, 0.05) is 5.57 Å². The molecule has 0 atom stereocenters. The third-order valence-electron chi connectivity index (χ3n) is 6.54. The lowest BCUT2D eigenvalue weighted by Crippen LogP contribution is -2.43. The molecular weight excluding hydrogens is 473 g/mol. The Kier molecular flexibility index (Phi) is 20.8. The van der Waals surface area contributed by atoms with E-state index in [9.17, 15) is 4.79 Å². The van der Waals surface area contributed by atoms with Gasteiger partial charge in [0.05, 0.1) is 6.61 Å². The Morgan fingerprint density at radius 2 is 1.18 bits per heavy atom. The number of hydrogen-bond acceptors (Lipinski definition) is 4. The first-order valence-electron chi connectivity index (χ1n) is 14.2. The molecule has 0 rings (SSSR count). The van der Waals surface area contributed by atoms with Crippen LogP contribution < -0.4 is 0 Å². The number of unbranched alkanes of at least 4 members (excludes halogenated alkanes) is 9. The van der Waals surface area contributed by atoms with E-state index in [0.29, 0.717) is 12.2 Å². The molecule has 0 saturated heterocycles. The maximum absolute atomic E-state index is 11.6. The first-order valence-corrected chi connectivity index (χ1v) is 20.6. The SMILES string of the molecule is C=C(C)C(=O)OCCC[Si](C)(C)O[Si]O[Si](CCCCCC)(CCCCCC)CCCCCC. The van der Waals surface area contributed by atoms with Crippen LogP contribution in [0.4, 0.5) is 0 Å². The second kappa shape index (κ2) is 20.9. The molecule has 0 heterocycles. The highest BCUT2D eigenvalue weighted by atomic mass is 28.4. The fourth-order valence-electron chi connectivity index (χ4n) is 4.21. The fraction of sp³-hybridized carbons (Fsp3) is 0.889. The summed E-state index contributed by atoms with van der Waals surface area (Å²) in [5.74, 6) is -0.296. The van der Waals surface area contributed by atoms with Crippen LogP contribution in [0.2, 0.25) is 37.3 Å². The Hall–Kier alpha value is -0.219. The Balaban J connectivity index is 4.89. The molecule has 0 unspecified atom stereocenters. The van der Waals surface area contributed by atoms with Crippen LogP contribution >= 0.6 is 0 Å². The Bertz CT molecular complexity index is 495. The van der Waals surface area contributed by atoms with E-state index in [-0.39, 0.29) is 16.0 Å². The monoisotopic (exact) mass is 528 g/mol. The Morgan fingerprint density at radius 1 is 0.706 bits per heavy atom. The van der Waals surface area contributed by atoms with Crippen molar-refractivity contribution in [3.63, 3.8) is 0 Å². The normalized spacial score (nSPS) is 12.2. The Labute approximate surface area is 217 Å². The molecule has 0 fully saturated rings. The van der Waals surface area contributed by atoms with Crippen molar-refractivity contribution in [1.82, 2.24) is 0 Å². The third-order valence-corrected chi connectivity index (χ3v) is 16.5. The lowest BCUT2D eigenvalue weighted by atomic mass is 10.2. The van der Waals surface area contributed by atoms with Gasteiger partial charge in [-0.3, -0.25) is 0 Å². The molecule has 0 amide bonds. The van der Waals surface area contributed by atoms with Crippen molar-refractivity contribution >= 4 is 32.6 Å². The van der Waals surface area contributed by atoms with Gasteiger partial charge in [-0.2, -0.15) is 0 Å². The average Bonchev–Trinajstić information content (AvgIpc) is 2.79.